The van der Waals surface area contributed by atoms with E-state index in [-0.39, 0.29) is 10.6 Å². The van der Waals surface area contributed by atoms with E-state index in [9.17, 15) is 9.59 Å². The van der Waals surface area contributed by atoms with Crippen LogP contribution in [0.25, 0.3) is 0 Å². The first kappa shape index (κ1) is 17.0. The fourth-order valence-corrected chi connectivity index (χ4v) is 2.89. The van der Waals surface area contributed by atoms with Crippen molar-refractivity contribution in [1.29, 1.82) is 0 Å². The normalized spacial score (nSPS) is 12.4. The van der Waals surface area contributed by atoms with E-state index in [1.54, 1.807) is 6.08 Å². The molecule has 0 amide bonds. The fraction of sp³-hybridized carbons (Fsp3) is 0.222. The average molecular weight is 328 g/mol. The van der Waals surface area contributed by atoms with Crippen molar-refractivity contribution in [2.75, 3.05) is 0 Å². The molecule has 1 aromatic carbocycles. The maximum atomic E-state index is 12.4. The van der Waals surface area contributed by atoms with E-state index >= 15 is 0 Å². The van der Waals surface area contributed by atoms with Gasteiger partial charge in [0.25, 0.3) is 0 Å². The molecule has 0 unspecified atom stereocenters. The first-order valence-corrected chi connectivity index (χ1v) is 8.10. The summed E-state index contributed by atoms with van der Waals surface area (Å²) in [5, 5.41) is 0. The van der Waals surface area contributed by atoms with E-state index in [4.69, 9.17) is 0 Å². The molecule has 2 aromatic rings. The zero-order valence-corrected chi connectivity index (χ0v) is 14.2. The smallest absolute Gasteiger partial charge is 0.255 e. The number of hydrogen-bond acceptors (Lipinski definition) is 3. The minimum Gasteiger partial charge on any atom is -0.255 e. The largest absolute Gasteiger partial charge is 0.341 e. The van der Waals surface area contributed by atoms with Gasteiger partial charge in [-0.15, -0.1) is 0 Å². The highest BCUT2D eigenvalue weighted by Crippen LogP contribution is 2.03. The summed E-state index contributed by atoms with van der Waals surface area (Å²) >= 11 is 0.958. The monoisotopic (exact) mass is 328 g/mol. The predicted molar refractivity (Wildman–Crippen MR) is 96.1 cm³/mol. The molecule has 23 heavy (non-hydrogen) atoms. The molecule has 1 aromatic heterocycles. The quantitative estimate of drug-likeness (QED) is 0.764. The Balaban J connectivity index is 2.23. The standard InChI is InChI=1S/C18H20N2O2S/c1-4-14(2)10-11-15(3)12-20-17(21)19(18(22)23-20)13-16-8-6-5-7-9-16/h4-11H,1,12-13H2,2-3H3/b14-10-,15-11+. The van der Waals surface area contributed by atoms with E-state index in [2.05, 4.69) is 6.58 Å². The van der Waals surface area contributed by atoms with Gasteiger partial charge in [0, 0.05) is 11.5 Å². The molecule has 0 aliphatic carbocycles. The van der Waals surface area contributed by atoms with Crippen LogP contribution in [-0.2, 0) is 13.1 Å². The lowest BCUT2D eigenvalue weighted by Crippen LogP contribution is -2.29. The van der Waals surface area contributed by atoms with Gasteiger partial charge in [0.1, 0.15) is 0 Å². The van der Waals surface area contributed by atoms with Gasteiger partial charge >= 0.3 is 10.6 Å². The molecule has 0 atom stereocenters. The Kier molecular flexibility index (Phi) is 5.71. The molecule has 2 rings (SSSR count). The number of hydrogen-bond donors (Lipinski definition) is 0. The minimum atomic E-state index is -0.263. The summed E-state index contributed by atoms with van der Waals surface area (Å²) in [5.41, 5.74) is 2.72. The van der Waals surface area contributed by atoms with Crippen molar-refractivity contribution in [3.05, 3.63) is 92.0 Å². The lowest BCUT2D eigenvalue weighted by molar-refractivity contribution is 0.682. The third-order valence-electron chi connectivity index (χ3n) is 3.38. The Morgan fingerprint density at radius 2 is 1.87 bits per heavy atom. The second kappa shape index (κ2) is 7.74. The van der Waals surface area contributed by atoms with E-state index in [1.807, 2.05) is 56.3 Å². The second-order valence-corrected chi connectivity index (χ2v) is 6.35. The van der Waals surface area contributed by atoms with Gasteiger partial charge in [0.2, 0.25) is 0 Å². The molecule has 0 fully saturated rings. The molecule has 0 aliphatic heterocycles. The molecule has 0 N–H and O–H groups in total. The van der Waals surface area contributed by atoms with Crippen molar-refractivity contribution >= 4 is 11.5 Å². The van der Waals surface area contributed by atoms with Crippen molar-refractivity contribution in [3.63, 3.8) is 0 Å². The SMILES string of the molecule is C=C/C(C)=C\C=C(/C)Cn1sc(=O)n(Cc2ccccc2)c1=O. The van der Waals surface area contributed by atoms with Crippen LogP contribution >= 0.6 is 11.5 Å². The third kappa shape index (κ3) is 4.53. The average Bonchev–Trinajstić information content (AvgIpc) is 2.81. The second-order valence-electron chi connectivity index (χ2n) is 5.38. The van der Waals surface area contributed by atoms with Gasteiger partial charge in [0.05, 0.1) is 13.1 Å². The predicted octanol–water partition coefficient (Wildman–Crippen LogP) is 3.20. The zero-order chi connectivity index (χ0) is 16.8. The van der Waals surface area contributed by atoms with Gasteiger partial charge in [-0.05, 0) is 19.4 Å². The van der Waals surface area contributed by atoms with Gasteiger partial charge < -0.3 is 0 Å². The van der Waals surface area contributed by atoms with Crippen LogP contribution in [0.15, 0.2) is 75.9 Å². The summed E-state index contributed by atoms with van der Waals surface area (Å²) < 4.78 is 2.77. The molecule has 0 bridgehead atoms. The van der Waals surface area contributed by atoms with E-state index < -0.39 is 0 Å². The van der Waals surface area contributed by atoms with Gasteiger partial charge in [-0.3, -0.25) is 4.79 Å². The highest BCUT2D eigenvalue weighted by molar-refractivity contribution is 7.03. The Bertz CT molecular complexity index is 851. The summed E-state index contributed by atoms with van der Waals surface area (Å²) in [6.45, 7) is 8.31. The fourth-order valence-electron chi connectivity index (χ4n) is 2.01. The van der Waals surface area contributed by atoms with Crippen LogP contribution in [0.1, 0.15) is 19.4 Å². The summed E-state index contributed by atoms with van der Waals surface area (Å²) in [6.07, 6.45) is 5.65. The highest BCUT2D eigenvalue weighted by atomic mass is 32.1. The Hall–Kier alpha value is -2.40. The van der Waals surface area contributed by atoms with Crippen LogP contribution in [0, 0.1) is 0 Å². The van der Waals surface area contributed by atoms with Crippen LogP contribution in [0.5, 0.6) is 0 Å². The van der Waals surface area contributed by atoms with Crippen molar-refractivity contribution in [1.82, 2.24) is 8.52 Å². The summed E-state index contributed by atoms with van der Waals surface area (Å²) in [7, 11) is 0. The van der Waals surface area contributed by atoms with E-state index in [1.165, 1.54) is 8.52 Å². The Morgan fingerprint density at radius 1 is 1.17 bits per heavy atom. The van der Waals surface area contributed by atoms with E-state index in [0.29, 0.717) is 13.1 Å². The third-order valence-corrected chi connectivity index (χ3v) is 4.26. The summed E-state index contributed by atoms with van der Waals surface area (Å²) in [6, 6.07) is 9.51. The van der Waals surface area contributed by atoms with Crippen LogP contribution in [0.2, 0.25) is 0 Å². The molecule has 0 radical (unpaired) electrons. The lowest BCUT2D eigenvalue weighted by atomic mass is 10.2. The number of nitrogens with zero attached hydrogens (tertiary/aromatic N) is 2. The van der Waals surface area contributed by atoms with Crippen LogP contribution in [0.3, 0.4) is 0 Å². The topological polar surface area (TPSA) is 44.0 Å². The minimum absolute atomic E-state index is 0.232. The number of benzene rings is 1. The van der Waals surface area contributed by atoms with Crippen molar-refractivity contribution < 1.29 is 0 Å². The Morgan fingerprint density at radius 3 is 2.52 bits per heavy atom. The lowest BCUT2D eigenvalue weighted by Gasteiger charge is -2.01. The molecule has 0 spiro atoms. The van der Waals surface area contributed by atoms with Gasteiger partial charge in [-0.2, -0.15) is 0 Å². The Labute approximate surface area is 139 Å². The van der Waals surface area contributed by atoms with Crippen LogP contribution < -0.4 is 10.6 Å². The van der Waals surface area contributed by atoms with Crippen molar-refractivity contribution in [3.8, 4) is 0 Å². The molecule has 0 aliphatic rings. The maximum absolute atomic E-state index is 12.4. The van der Waals surface area contributed by atoms with Gasteiger partial charge in [-0.1, -0.05) is 66.3 Å². The molecule has 120 valence electrons. The van der Waals surface area contributed by atoms with Crippen molar-refractivity contribution in [2.24, 2.45) is 0 Å². The summed E-state index contributed by atoms with van der Waals surface area (Å²) in [5.74, 6) is 0. The molecule has 5 heteroatoms. The van der Waals surface area contributed by atoms with E-state index in [0.717, 1.165) is 28.2 Å². The molecular formula is C18H20N2O2S. The first-order chi connectivity index (χ1) is 11.0. The number of allylic oxidation sites excluding steroid dienone is 5. The van der Waals surface area contributed by atoms with Gasteiger partial charge in [-0.25, -0.2) is 13.3 Å². The molecule has 0 saturated carbocycles. The summed E-state index contributed by atoms with van der Waals surface area (Å²) in [4.78, 5) is 24.2. The number of aromatic nitrogens is 2. The number of rotatable bonds is 6. The first-order valence-electron chi connectivity index (χ1n) is 7.32. The highest BCUT2D eigenvalue weighted by Gasteiger charge is 2.10. The van der Waals surface area contributed by atoms with Crippen LogP contribution in [0.4, 0.5) is 0 Å². The molecule has 4 nitrogen and oxygen atoms in total. The van der Waals surface area contributed by atoms with Crippen LogP contribution in [-0.4, -0.2) is 8.52 Å². The van der Waals surface area contributed by atoms with Gasteiger partial charge in [0.15, 0.2) is 0 Å². The molecule has 1 heterocycles. The maximum Gasteiger partial charge on any atom is 0.341 e. The zero-order valence-electron chi connectivity index (χ0n) is 13.4. The molecular weight excluding hydrogens is 308 g/mol. The molecule has 0 saturated heterocycles. The van der Waals surface area contributed by atoms with Crippen molar-refractivity contribution in [2.45, 2.75) is 26.9 Å².